The lowest BCUT2D eigenvalue weighted by molar-refractivity contribution is -0.115. The summed E-state index contributed by atoms with van der Waals surface area (Å²) in [5, 5.41) is 7.05. The summed E-state index contributed by atoms with van der Waals surface area (Å²) in [7, 11) is 1.86. The monoisotopic (exact) mass is 307 g/mol. The van der Waals surface area contributed by atoms with E-state index in [1.54, 1.807) is 10.9 Å². The number of benzene rings is 1. The highest BCUT2D eigenvalue weighted by atomic mass is 16.1. The van der Waals surface area contributed by atoms with Crippen molar-refractivity contribution < 1.29 is 4.79 Å². The van der Waals surface area contributed by atoms with Crippen molar-refractivity contribution in [3.8, 4) is 0 Å². The largest absolute Gasteiger partial charge is 0.321 e. The molecule has 0 spiro atoms. The van der Waals surface area contributed by atoms with Gasteiger partial charge in [-0.25, -0.2) is 0 Å². The van der Waals surface area contributed by atoms with Crippen LogP contribution in [0.3, 0.4) is 0 Å². The molecule has 1 aromatic heterocycles. The summed E-state index contributed by atoms with van der Waals surface area (Å²) in [5.74, 6) is -0.0799. The molecule has 0 saturated heterocycles. The van der Waals surface area contributed by atoms with Crippen LogP contribution >= 0.6 is 0 Å². The van der Waals surface area contributed by atoms with Gasteiger partial charge in [-0.05, 0) is 28.7 Å². The van der Waals surface area contributed by atoms with Crippen LogP contribution in [-0.4, -0.2) is 15.7 Å². The summed E-state index contributed by atoms with van der Waals surface area (Å²) in [6.07, 6.45) is 7.36. The predicted molar refractivity (Wildman–Crippen MR) is 92.4 cm³/mol. The van der Waals surface area contributed by atoms with Gasteiger partial charge in [-0.1, -0.05) is 45.0 Å². The van der Waals surface area contributed by atoms with Crippen molar-refractivity contribution in [3.05, 3.63) is 65.0 Å². The molecule has 0 radical (unpaired) electrons. The number of rotatable bonds is 2. The van der Waals surface area contributed by atoms with Gasteiger partial charge in [0.25, 0.3) is 5.91 Å². The standard InChI is InChI=1S/C19H21N3O/c1-19(2,3)16-7-5-14(6-8-16)17-10-15(18(23)21-17)9-13-11-20-22(4)12-13/h5-12H,1-4H3,(H,21,23). The lowest BCUT2D eigenvalue weighted by Crippen LogP contribution is -2.16. The number of nitrogens with zero attached hydrogens (tertiary/aromatic N) is 2. The molecule has 0 unspecified atom stereocenters. The second-order valence-electron chi connectivity index (χ2n) is 6.89. The number of hydrogen-bond acceptors (Lipinski definition) is 2. The van der Waals surface area contributed by atoms with Crippen molar-refractivity contribution in [2.45, 2.75) is 26.2 Å². The van der Waals surface area contributed by atoms with E-state index in [-0.39, 0.29) is 11.3 Å². The maximum absolute atomic E-state index is 12.1. The first kappa shape index (κ1) is 15.3. The zero-order valence-corrected chi connectivity index (χ0v) is 13.9. The van der Waals surface area contributed by atoms with Crippen molar-refractivity contribution in [1.29, 1.82) is 0 Å². The molecule has 118 valence electrons. The fourth-order valence-corrected chi connectivity index (χ4v) is 2.56. The molecule has 23 heavy (non-hydrogen) atoms. The second-order valence-corrected chi connectivity index (χ2v) is 6.89. The van der Waals surface area contributed by atoms with Gasteiger partial charge in [0.15, 0.2) is 0 Å². The molecule has 1 aromatic carbocycles. The number of nitrogens with one attached hydrogen (secondary N) is 1. The molecule has 1 N–H and O–H groups in total. The SMILES string of the molecule is Cn1cc(C=C2C=C(c3ccc(C(C)(C)C)cc3)NC2=O)cn1. The zero-order chi connectivity index (χ0) is 16.6. The van der Waals surface area contributed by atoms with Crippen molar-refractivity contribution in [3.63, 3.8) is 0 Å². The molecule has 4 heteroatoms. The van der Waals surface area contributed by atoms with E-state index in [9.17, 15) is 4.79 Å². The molecule has 2 heterocycles. The molecule has 0 aliphatic carbocycles. The molecule has 3 rings (SSSR count). The van der Waals surface area contributed by atoms with E-state index >= 15 is 0 Å². The molecule has 1 aliphatic rings. The first-order chi connectivity index (χ1) is 10.8. The Hall–Kier alpha value is -2.62. The van der Waals surface area contributed by atoms with Crippen LogP contribution in [-0.2, 0) is 17.3 Å². The van der Waals surface area contributed by atoms with Gasteiger partial charge in [-0.2, -0.15) is 5.10 Å². The minimum atomic E-state index is -0.0799. The predicted octanol–water partition coefficient (Wildman–Crippen LogP) is 3.27. The number of carbonyl (C=O) groups is 1. The first-order valence-electron chi connectivity index (χ1n) is 7.67. The normalized spacial score (nSPS) is 16.6. The Labute approximate surface area is 136 Å². The molecule has 1 aliphatic heterocycles. The van der Waals surface area contributed by atoms with E-state index in [0.29, 0.717) is 5.57 Å². The first-order valence-corrected chi connectivity index (χ1v) is 7.67. The topological polar surface area (TPSA) is 46.9 Å². The lowest BCUT2D eigenvalue weighted by atomic mass is 9.86. The van der Waals surface area contributed by atoms with E-state index in [1.807, 2.05) is 25.4 Å². The Bertz CT molecular complexity index is 802. The van der Waals surface area contributed by atoms with E-state index in [1.165, 1.54) is 5.56 Å². The average molecular weight is 307 g/mol. The Morgan fingerprint density at radius 1 is 1.17 bits per heavy atom. The molecule has 0 saturated carbocycles. The molecule has 0 bridgehead atoms. The number of amides is 1. The third kappa shape index (κ3) is 3.26. The highest BCUT2D eigenvalue weighted by molar-refractivity contribution is 6.10. The van der Waals surface area contributed by atoms with Crippen LogP contribution in [0.15, 0.2) is 48.3 Å². The molecular formula is C19H21N3O. The van der Waals surface area contributed by atoms with Crippen LogP contribution in [0.5, 0.6) is 0 Å². The summed E-state index contributed by atoms with van der Waals surface area (Å²) in [5.41, 5.74) is 4.81. The number of aromatic nitrogens is 2. The highest BCUT2D eigenvalue weighted by Crippen LogP contribution is 2.26. The number of aryl methyl sites for hydroxylation is 1. The van der Waals surface area contributed by atoms with Gasteiger partial charge < -0.3 is 5.32 Å². The van der Waals surface area contributed by atoms with Gasteiger partial charge in [-0.15, -0.1) is 0 Å². The van der Waals surface area contributed by atoms with Crippen LogP contribution in [0, 0.1) is 0 Å². The van der Waals surface area contributed by atoms with Gasteiger partial charge >= 0.3 is 0 Å². The summed E-state index contributed by atoms with van der Waals surface area (Å²) in [6.45, 7) is 6.56. The van der Waals surface area contributed by atoms with Gasteiger partial charge in [-0.3, -0.25) is 9.48 Å². The fourth-order valence-electron chi connectivity index (χ4n) is 2.56. The van der Waals surface area contributed by atoms with Crippen molar-refractivity contribution >= 4 is 17.7 Å². The molecule has 2 aromatic rings. The second kappa shape index (κ2) is 5.54. The Morgan fingerprint density at radius 2 is 1.87 bits per heavy atom. The minimum Gasteiger partial charge on any atom is -0.321 e. The molecule has 0 fully saturated rings. The van der Waals surface area contributed by atoms with Crippen LogP contribution in [0.1, 0.15) is 37.5 Å². The molecule has 1 amide bonds. The maximum atomic E-state index is 12.1. The maximum Gasteiger partial charge on any atom is 0.255 e. The van der Waals surface area contributed by atoms with Gasteiger partial charge in [0, 0.05) is 30.1 Å². The smallest absolute Gasteiger partial charge is 0.255 e. The van der Waals surface area contributed by atoms with E-state index in [2.05, 4.69) is 55.5 Å². The van der Waals surface area contributed by atoms with Crippen LogP contribution in [0.2, 0.25) is 0 Å². The quantitative estimate of drug-likeness (QED) is 0.866. The van der Waals surface area contributed by atoms with E-state index < -0.39 is 0 Å². The number of carbonyl (C=O) groups excluding carboxylic acids is 1. The van der Waals surface area contributed by atoms with Crippen LogP contribution < -0.4 is 5.32 Å². The fraction of sp³-hybridized carbons (Fsp3) is 0.263. The Balaban J connectivity index is 1.88. The van der Waals surface area contributed by atoms with Gasteiger partial charge in [0.2, 0.25) is 0 Å². The van der Waals surface area contributed by atoms with Crippen LogP contribution in [0.4, 0.5) is 0 Å². The van der Waals surface area contributed by atoms with Gasteiger partial charge in [0.1, 0.15) is 0 Å². The van der Waals surface area contributed by atoms with E-state index in [0.717, 1.165) is 16.8 Å². The number of hydrogen-bond donors (Lipinski definition) is 1. The summed E-state index contributed by atoms with van der Waals surface area (Å²) in [4.78, 5) is 12.1. The Morgan fingerprint density at radius 3 is 2.43 bits per heavy atom. The molecule has 4 nitrogen and oxygen atoms in total. The lowest BCUT2D eigenvalue weighted by Gasteiger charge is -2.19. The summed E-state index contributed by atoms with van der Waals surface area (Å²) in [6, 6.07) is 8.34. The van der Waals surface area contributed by atoms with E-state index in [4.69, 9.17) is 0 Å². The molecular weight excluding hydrogens is 286 g/mol. The Kier molecular flexibility index (Phi) is 3.68. The van der Waals surface area contributed by atoms with Crippen molar-refractivity contribution in [1.82, 2.24) is 15.1 Å². The zero-order valence-electron chi connectivity index (χ0n) is 13.9. The molecule has 0 atom stereocenters. The summed E-state index contributed by atoms with van der Waals surface area (Å²) >= 11 is 0. The third-order valence-electron chi connectivity index (χ3n) is 3.92. The van der Waals surface area contributed by atoms with Crippen molar-refractivity contribution in [2.75, 3.05) is 0 Å². The minimum absolute atomic E-state index is 0.0799. The average Bonchev–Trinajstić information content (AvgIpc) is 3.05. The third-order valence-corrected chi connectivity index (χ3v) is 3.92. The van der Waals surface area contributed by atoms with Crippen LogP contribution in [0.25, 0.3) is 11.8 Å². The highest BCUT2D eigenvalue weighted by Gasteiger charge is 2.20. The summed E-state index contributed by atoms with van der Waals surface area (Å²) < 4.78 is 1.72. The van der Waals surface area contributed by atoms with Gasteiger partial charge in [0.05, 0.1) is 6.20 Å². The van der Waals surface area contributed by atoms with Crippen molar-refractivity contribution in [2.24, 2.45) is 7.05 Å².